The van der Waals surface area contributed by atoms with Crippen molar-refractivity contribution >= 4 is 34.1 Å². The Hall–Kier alpha value is -3.13. The van der Waals surface area contributed by atoms with Gasteiger partial charge in [-0.05, 0) is 48.0 Å². The van der Waals surface area contributed by atoms with Gasteiger partial charge in [-0.1, -0.05) is 12.1 Å². The van der Waals surface area contributed by atoms with Gasteiger partial charge < -0.3 is 5.32 Å². The summed E-state index contributed by atoms with van der Waals surface area (Å²) >= 11 is 6.23. The molecule has 0 spiro atoms. The number of fused-ring (bicyclic) bond motifs is 1. The first-order valence-corrected chi connectivity index (χ1v) is 8.19. The molecule has 4 rings (SSSR count). The molecule has 136 valence electrons. The van der Waals surface area contributed by atoms with E-state index in [2.05, 4.69) is 20.3 Å². The van der Waals surface area contributed by atoms with E-state index >= 15 is 0 Å². The van der Waals surface area contributed by atoms with Crippen LogP contribution in [0, 0.1) is 0 Å². The van der Waals surface area contributed by atoms with E-state index in [0.29, 0.717) is 22.8 Å². The van der Waals surface area contributed by atoms with Crippen LogP contribution < -0.4 is 5.32 Å². The number of benzene rings is 2. The molecule has 0 saturated carbocycles. The zero-order valence-corrected chi connectivity index (χ0v) is 14.3. The zero-order valence-electron chi connectivity index (χ0n) is 13.6. The van der Waals surface area contributed by atoms with E-state index in [1.807, 2.05) is 24.3 Å². The van der Waals surface area contributed by atoms with Gasteiger partial charge in [0.05, 0.1) is 29.0 Å². The van der Waals surface area contributed by atoms with Crippen molar-refractivity contribution in [2.24, 2.45) is 0 Å². The van der Waals surface area contributed by atoms with Crippen LogP contribution in [0.15, 0.2) is 60.9 Å². The van der Waals surface area contributed by atoms with Crippen molar-refractivity contribution in [3.05, 3.63) is 71.8 Å². The van der Waals surface area contributed by atoms with Gasteiger partial charge in [-0.15, -0.1) is 0 Å². The molecule has 2 aromatic heterocycles. The van der Waals surface area contributed by atoms with E-state index in [4.69, 9.17) is 11.6 Å². The van der Waals surface area contributed by atoms with Gasteiger partial charge in [0.25, 0.3) is 0 Å². The van der Waals surface area contributed by atoms with Gasteiger partial charge in [-0.25, -0.2) is 9.97 Å². The Morgan fingerprint density at radius 1 is 0.926 bits per heavy atom. The van der Waals surface area contributed by atoms with E-state index in [-0.39, 0.29) is 5.28 Å². The molecule has 0 radical (unpaired) electrons. The third kappa shape index (κ3) is 3.43. The summed E-state index contributed by atoms with van der Waals surface area (Å²) in [6.45, 7) is 0. The molecule has 0 fully saturated rings. The Morgan fingerprint density at radius 2 is 1.67 bits per heavy atom. The van der Waals surface area contributed by atoms with Gasteiger partial charge in [-0.2, -0.15) is 13.2 Å². The number of alkyl halides is 3. The monoisotopic (exact) mass is 389 g/mol. The summed E-state index contributed by atoms with van der Waals surface area (Å²) in [7, 11) is 0. The van der Waals surface area contributed by atoms with Gasteiger partial charge in [0, 0.05) is 5.69 Å². The maximum atomic E-state index is 12.7. The minimum atomic E-state index is -4.38. The molecule has 0 aliphatic carbocycles. The first-order chi connectivity index (χ1) is 12.9. The third-order valence-electron chi connectivity index (χ3n) is 3.86. The number of anilines is 2. The molecule has 27 heavy (non-hydrogen) atoms. The first-order valence-electron chi connectivity index (χ1n) is 7.81. The highest BCUT2D eigenvalue weighted by molar-refractivity contribution is 6.29. The summed E-state index contributed by atoms with van der Waals surface area (Å²) < 4.78 is 39.6. The van der Waals surface area contributed by atoms with Crippen molar-refractivity contribution in [2.75, 3.05) is 5.32 Å². The molecule has 4 aromatic rings. The molecule has 5 nitrogen and oxygen atoms in total. The Kier molecular flexibility index (Phi) is 4.19. The van der Waals surface area contributed by atoms with Crippen molar-refractivity contribution in [3.8, 4) is 5.82 Å². The van der Waals surface area contributed by atoms with Gasteiger partial charge in [0.2, 0.25) is 5.28 Å². The summed E-state index contributed by atoms with van der Waals surface area (Å²) in [5, 5.41) is 3.17. The van der Waals surface area contributed by atoms with E-state index in [0.717, 1.165) is 17.6 Å². The fourth-order valence-electron chi connectivity index (χ4n) is 2.63. The molecule has 0 aliphatic heterocycles. The van der Waals surface area contributed by atoms with Crippen molar-refractivity contribution in [2.45, 2.75) is 6.18 Å². The number of halogens is 4. The maximum Gasteiger partial charge on any atom is 0.416 e. The van der Waals surface area contributed by atoms with Crippen molar-refractivity contribution < 1.29 is 13.2 Å². The number of nitrogens with one attached hydrogen (secondary N) is 1. The lowest BCUT2D eigenvalue weighted by Gasteiger charge is -2.10. The fourth-order valence-corrected chi connectivity index (χ4v) is 2.90. The summed E-state index contributed by atoms with van der Waals surface area (Å²) in [5.41, 5.74) is 1.22. The highest BCUT2D eigenvalue weighted by atomic mass is 35.5. The lowest BCUT2D eigenvalue weighted by Crippen LogP contribution is -2.05. The number of imidazole rings is 1. The molecule has 0 saturated heterocycles. The van der Waals surface area contributed by atoms with Crippen LogP contribution in [0.2, 0.25) is 5.28 Å². The Labute approximate surface area is 156 Å². The summed E-state index contributed by atoms with van der Waals surface area (Å²) in [4.78, 5) is 12.8. The van der Waals surface area contributed by atoms with Crippen LogP contribution in [0.3, 0.4) is 0 Å². The summed E-state index contributed by atoms with van der Waals surface area (Å²) in [6.07, 6.45) is -1.39. The number of hydrogen-bond acceptors (Lipinski definition) is 4. The second-order valence-corrected chi connectivity index (χ2v) is 6.01. The average molecular weight is 390 g/mol. The number of para-hydroxylation sites is 2. The van der Waals surface area contributed by atoms with E-state index in [9.17, 15) is 13.2 Å². The summed E-state index contributed by atoms with van der Waals surface area (Å²) in [5.74, 6) is 0.798. The number of aromatic nitrogens is 4. The zero-order chi connectivity index (χ0) is 19.0. The molecular formula is C18H11ClF3N5. The molecule has 0 atom stereocenters. The Balaban J connectivity index is 1.66. The SMILES string of the molecule is FC(F)(F)c1ccc(Nc2cncc(-n3c(Cl)nc4ccccc43)n2)cc1. The standard InChI is InChI=1S/C18H11ClF3N5/c19-17-25-13-3-1-2-4-14(13)27(17)16-10-23-9-15(26-16)24-12-7-5-11(6-8-12)18(20,21)22/h1-10H,(H,24,26). The van der Waals surface area contributed by atoms with Crippen molar-refractivity contribution in [3.63, 3.8) is 0 Å². The van der Waals surface area contributed by atoms with E-state index in [1.54, 1.807) is 4.57 Å². The molecule has 1 N–H and O–H groups in total. The largest absolute Gasteiger partial charge is 0.416 e. The third-order valence-corrected chi connectivity index (χ3v) is 4.11. The first kappa shape index (κ1) is 17.3. The molecular weight excluding hydrogens is 379 g/mol. The topological polar surface area (TPSA) is 55.6 Å². The minimum Gasteiger partial charge on any atom is -0.339 e. The predicted molar refractivity (Wildman–Crippen MR) is 96.4 cm³/mol. The van der Waals surface area contributed by atoms with Crippen LogP contribution in [0.5, 0.6) is 0 Å². The maximum absolute atomic E-state index is 12.7. The van der Waals surface area contributed by atoms with Gasteiger partial charge >= 0.3 is 6.18 Å². The van der Waals surface area contributed by atoms with Crippen LogP contribution in [0.1, 0.15) is 5.56 Å². The Morgan fingerprint density at radius 3 is 2.41 bits per heavy atom. The van der Waals surface area contributed by atoms with E-state index < -0.39 is 11.7 Å². The highest BCUT2D eigenvalue weighted by Crippen LogP contribution is 2.30. The van der Waals surface area contributed by atoms with Gasteiger partial charge in [0.1, 0.15) is 0 Å². The molecule has 0 amide bonds. The van der Waals surface area contributed by atoms with Crippen molar-refractivity contribution in [1.82, 2.24) is 19.5 Å². The molecule has 2 heterocycles. The van der Waals surface area contributed by atoms with Gasteiger partial charge in [-0.3, -0.25) is 9.55 Å². The molecule has 0 aliphatic rings. The lowest BCUT2D eigenvalue weighted by atomic mass is 10.2. The van der Waals surface area contributed by atoms with Crippen molar-refractivity contribution in [1.29, 1.82) is 0 Å². The summed E-state index contributed by atoms with van der Waals surface area (Å²) in [6, 6.07) is 12.0. The van der Waals surface area contributed by atoms with Crippen LogP contribution in [0.4, 0.5) is 24.7 Å². The fraction of sp³-hybridized carbons (Fsp3) is 0.0556. The average Bonchev–Trinajstić information content (AvgIpc) is 2.97. The Bertz CT molecular complexity index is 1110. The normalized spacial score (nSPS) is 11.7. The quantitative estimate of drug-likeness (QED) is 0.521. The molecule has 9 heteroatoms. The van der Waals surface area contributed by atoms with Crippen LogP contribution >= 0.6 is 11.6 Å². The van der Waals surface area contributed by atoms with Crippen LogP contribution in [-0.2, 0) is 6.18 Å². The smallest absolute Gasteiger partial charge is 0.339 e. The lowest BCUT2D eigenvalue weighted by molar-refractivity contribution is -0.137. The number of rotatable bonds is 3. The number of nitrogens with zero attached hydrogens (tertiary/aromatic N) is 4. The molecule has 0 bridgehead atoms. The van der Waals surface area contributed by atoms with Crippen LogP contribution in [0.25, 0.3) is 16.9 Å². The molecule has 0 unspecified atom stereocenters. The second-order valence-electron chi connectivity index (χ2n) is 5.67. The minimum absolute atomic E-state index is 0.234. The highest BCUT2D eigenvalue weighted by Gasteiger charge is 2.29. The predicted octanol–water partition coefficient (Wildman–Crippen LogP) is 5.23. The number of hydrogen-bond donors (Lipinski definition) is 1. The van der Waals surface area contributed by atoms with Crippen LogP contribution in [-0.4, -0.2) is 19.5 Å². The molecule has 2 aromatic carbocycles. The van der Waals surface area contributed by atoms with E-state index in [1.165, 1.54) is 24.5 Å². The second kappa shape index (κ2) is 6.55. The van der Waals surface area contributed by atoms with Gasteiger partial charge in [0.15, 0.2) is 11.6 Å².